The second-order valence-electron chi connectivity index (χ2n) is 4.55. The summed E-state index contributed by atoms with van der Waals surface area (Å²) in [5.74, 6) is 0.192. The fourth-order valence-corrected chi connectivity index (χ4v) is 2.24. The molecule has 0 aliphatic carbocycles. The van der Waals surface area contributed by atoms with Crippen molar-refractivity contribution >= 4 is 12.3 Å². The number of carbonyl (C=O) groups is 2. The van der Waals surface area contributed by atoms with Gasteiger partial charge >= 0.3 is 0 Å². The standard InChI is InChI=1S/C11H20N4O2/c16-10-14-5-7-15(8-6-14)11(17)9-13-3-1-12-2-4-13/h10,12H,1-9H2. The monoisotopic (exact) mass is 240 g/mol. The van der Waals surface area contributed by atoms with Crippen LogP contribution < -0.4 is 5.32 Å². The number of hydrogen-bond donors (Lipinski definition) is 1. The molecule has 0 bridgehead atoms. The Bertz CT molecular complexity index is 271. The summed E-state index contributed by atoms with van der Waals surface area (Å²) in [6.45, 7) is 7.00. The van der Waals surface area contributed by atoms with Crippen molar-refractivity contribution in [3.05, 3.63) is 0 Å². The molecule has 6 nitrogen and oxygen atoms in total. The molecule has 0 spiro atoms. The van der Waals surface area contributed by atoms with E-state index >= 15 is 0 Å². The Morgan fingerprint density at radius 1 is 1.06 bits per heavy atom. The molecule has 0 saturated carbocycles. The molecule has 0 unspecified atom stereocenters. The minimum Gasteiger partial charge on any atom is -0.342 e. The van der Waals surface area contributed by atoms with E-state index in [1.54, 1.807) is 4.90 Å². The van der Waals surface area contributed by atoms with Crippen LogP contribution in [0.15, 0.2) is 0 Å². The quantitative estimate of drug-likeness (QED) is 0.591. The zero-order valence-corrected chi connectivity index (χ0v) is 10.1. The number of hydrogen-bond acceptors (Lipinski definition) is 4. The van der Waals surface area contributed by atoms with E-state index in [-0.39, 0.29) is 5.91 Å². The van der Waals surface area contributed by atoms with Crippen LogP contribution in [0.1, 0.15) is 0 Å². The molecule has 2 aliphatic rings. The average molecular weight is 240 g/mol. The normalized spacial score (nSPS) is 22.6. The molecule has 2 amide bonds. The van der Waals surface area contributed by atoms with Crippen LogP contribution in [0, 0.1) is 0 Å². The summed E-state index contributed by atoms with van der Waals surface area (Å²) in [6, 6.07) is 0. The Labute approximate surface area is 102 Å². The van der Waals surface area contributed by atoms with Gasteiger partial charge in [0, 0.05) is 52.4 Å². The van der Waals surface area contributed by atoms with E-state index in [0.29, 0.717) is 32.7 Å². The third-order valence-corrected chi connectivity index (χ3v) is 3.38. The van der Waals surface area contributed by atoms with E-state index in [9.17, 15) is 9.59 Å². The Kier molecular flexibility index (Phi) is 4.33. The molecule has 96 valence electrons. The summed E-state index contributed by atoms with van der Waals surface area (Å²) in [6.07, 6.45) is 0.859. The van der Waals surface area contributed by atoms with Gasteiger partial charge in [-0.2, -0.15) is 0 Å². The van der Waals surface area contributed by atoms with E-state index in [1.807, 2.05) is 4.90 Å². The Hall–Kier alpha value is -1.14. The maximum absolute atomic E-state index is 12.0. The lowest BCUT2D eigenvalue weighted by molar-refractivity contribution is -0.136. The molecule has 0 aromatic rings. The Morgan fingerprint density at radius 3 is 2.29 bits per heavy atom. The highest BCUT2D eigenvalue weighted by Gasteiger charge is 2.22. The zero-order valence-electron chi connectivity index (χ0n) is 10.1. The van der Waals surface area contributed by atoms with Crippen LogP contribution >= 0.6 is 0 Å². The van der Waals surface area contributed by atoms with Crippen molar-refractivity contribution in [1.29, 1.82) is 0 Å². The largest absolute Gasteiger partial charge is 0.342 e. The number of nitrogens with zero attached hydrogens (tertiary/aromatic N) is 3. The fourth-order valence-electron chi connectivity index (χ4n) is 2.24. The van der Waals surface area contributed by atoms with Crippen molar-refractivity contribution in [2.45, 2.75) is 0 Å². The third-order valence-electron chi connectivity index (χ3n) is 3.38. The lowest BCUT2D eigenvalue weighted by atomic mass is 10.3. The van der Waals surface area contributed by atoms with Crippen LogP contribution in [0.5, 0.6) is 0 Å². The van der Waals surface area contributed by atoms with Gasteiger partial charge in [-0.05, 0) is 0 Å². The van der Waals surface area contributed by atoms with Gasteiger partial charge in [-0.3, -0.25) is 14.5 Å². The molecule has 17 heavy (non-hydrogen) atoms. The van der Waals surface area contributed by atoms with Crippen molar-refractivity contribution in [3.8, 4) is 0 Å². The van der Waals surface area contributed by atoms with Crippen LogP contribution in [0.2, 0.25) is 0 Å². The second kappa shape index (κ2) is 5.97. The van der Waals surface area contributed by atoms with Crippen molar-refractivity contribution < 1.29 is 9.59 Å². The minimum absolute atomic E-state index is 0.192. The van der Waals surface area contributed by atoms with Crippen LogP contribution in [0.25, 0.3) is 0 Å². The topological polar surface area (TPSA) is 55.9 Å². The summed E-state index contributed by atoms with van der Waals surface area (Å²) in [7, 11) is 0. The Balaban J connectivity index is 1.74. The Morgan fingerprint density at radius 2 is 1.71 bits per heavy atom. The summed E-state index contributed by atoms with van der Waals surface area (Å²) < 4.78 is 0. The molecule has 0 atom stereocenters. The lowest BCUT2D eigenvalue weighted by Crippen LogP contribution is -2.53. The molecule has 6 heteroatoms. The van der Waals surface area contributed by atoms with E-state index in [4.69, 9.17) is 0 Å². The maximum atomic E-state index is 12.0. The fraction of sp³-hybridized carbons (Fsp3) is 0.818. The van der Waals surface area contributed by atoms with Crippen LogP contribution in [0.3, 0.4) is 0 Å². The zero-order chi connectivity index (χ0) is 12.1. The molecule has 0 radical (unpaired) electrons. The average Bonchev–Trinajstić information content (AvgIpc) is 2.40. The predicted octanol–water partition coefficient (Wildman–Crippen LogP) is -1.81. The maximum Gasteiger partial charge on any atom is 0.236 e. The number of carbonyl (C=O) groups excluding carboxylic acids is 2. The summed E-state index contributed by atoms with van der Waals surface area (Å²) >= 11 is 0. The molecular weight excluding hydrogens is 220 g/mol. The van der Waals surface area contributed by atoms with Gasteiger partial charge in [-0.25, -0.2) is 0 Å². The molecule has 1 N–H and O–H groups in total. The second-order valence-corrected chi connectivity index (χ2v) is 4.55. The smallest absolute Gasteiger partial charge is 0.236 e. The predicted molar refractivity (Wildman–Crippen MR) is 63.5 cm³/mol. The van der Waals surface area contributed by atoms with Crippen molar-refractivity contribution in [2.75, 3.05) is 58.9 Å². The van der Waals surface area contributed by atoms with Crippen molar-refractivity contribution in [2.24, 2.45) is 0 Å². The molecular formula is C11H20N4O2. The lowest BCUT2D eigenvalue weighted by Gasteiger charge is -2.34. The molecule has 2 aliphatic heterocycles. The van der Waals surface area contributed by atoms with Gasteiger partial charge < -0.3 is 15.1 Å². The van der Waals surface area contributed by atoms with Gasteiger partial charge in [0.05, 0.1) is 6.54 Å². The molecule has 2 rings (SSSR count). The number of piperazine rings is 2. The van der Waals surface area contributed by atoms with Crippen LogP contribution in [0.4, 0.5) is 0 Å². The first-order valence-corrected chi connectivity index (χ1v) is 6.20. The molecule has 0 aromatic heterocycles. The highest BCUT2D eigenvalue weighted by molar-refractivity contribution is 5.78. The molecule has 2 heterocycles. The third kappa shape index (κ3) is 3.41. The van der Waals surface area contributed by atoms with Crippen molar-refractivity contribution in [1.82, 2.24) is 20.0 Å². The highest BCUT2D eigenvalue weighted by atomic mass is 16.2. The SMILES string of the molecule is O=CN1CCN(C(=O)CN2CCNCC2)CC1. The van der Waals surface area contributed by atoms with Crippen LogP contribution in [-0.2, 0) is 9.59 Å². The first kappa shape index (κ1) is 12.3. The summed E-state index contributed by atoms with van der Waals surface area (Å²) in [4.78, 5) is 28.3. The molecule has 2 fully saturated rings. The highest BCUT2D eigenvalue weighted by Crippen LogP contribution is 2.02. The van der Waals surface area contributed by atoms with E-state index in [2.05, 4.69) is 10.2 Å². The molecule has 0 aromatic carbocycles. The first-order valence-electron chi connectivity index (χ1n) is 6.20. The minimum atomic E-state index is 0.192. The number of nitrogens with one attached hydrogen (secondary N) is 1. The molecule has 2 saturated heterocycles. The summed E-state index contributed by atoms with van der Waals surface area (Å²) in [5.41, 5.74) is 0. The van der Waals surface area contributed by atoms with Gasteiger partial charge in [-0.1, -0.05) is 0 Å². The van der Waals surface area contributed by atoms with Gasteiger partial charge in [0.2, 0.25) is 12.3 Å². The van der Waals surface area contributed by atoms with Gasteiger partial charge in [0.25, 0.3) is 0 Å². The van der Waals surface area contributed by atoms with Gasteiger partial charge in [0.15, 0.2) is 0 Å². The van der Waals surface area contributed by atoms with E-state index < -0.39 is 0 Å². The van der Waals surface area contributed by atoms with Crippen LogP contribution in [-0.4, -0.2) is 85.9 Å². The number of rotatable bonds is 3. The first-order chi connectivity index (χ1) is 8.29. The van der Waals surface area contributed by atoms with Gasteiger partial charge in [-0.15, -0.1) is 0 Å². The number of amides is 2. The van der Waals surface area contributed by atoms with Crippen molar-refractivity contribution in [3.63, 3.8) is 0 Å². The summed E-state index contributed by atoms with van der Waals surface area (Å²) in [5, 5.41) is 3.27. The van der Waals surface area contributed by atoms with E-state index in [0.717, 1.165) is 32.6 Å². The van der Waals surface area contributed by atoms with E-state index in [1.165, 1.54) is 0 Å². The van der Waals surface area contributed by atoms with Gasteiger partial charge in [0.1, 0.15) is 0 Å².